The number of morpholine rings is 1. The Morgan fingerprint density at radius 1 is 1.55 bits per heavy atom. The number of aliphatic hydroxyl groups excluding tert-OH is 1. The van der Waals surface area contributed by atoms with E-state index in [1.165, 1.54) is 0 Å². The van der Waals surface area contributed by atoms with Crippen LogP contribution in [0, 0.1) is 6.92 Å². The number of benzene rings is 1. The predicted octanol–water partition coefficient (Wildman–Crippen LogP) is -0.0806. The second-order valence-electron chi connectivity index (χ2n) is 4.78. The molecule has 1 unspecified atom stereocenters. The lowest BCUT2D eigenvalue weighted by atomic mass is 9.96. The van der Waals surface area contributed by atoms with Crippen molar-refractivity contribution in [3.63, 3.8) is 0 Å². The molecule has 6 nitrogen and oxygen atoms in total. The minimum Gasteiger partial charge on any atom is -0.395 e. The highest BCUT2D eigenvalue weighted by atomic mass is 16.5. The quantitative estimate of drug-likeness (QED) is 0.805. The number of nitrogens with two attached hydrogens (primary N) is 1. The van der Waals surface area contributed by atoms with Crippen molar-refractivity contribution in [2.45, 2.75) is 12.8 Å². The Morgan fingerprint density at radius 2 is 2.30 bits per heavy atom. The number of hydrogen-bond donors (Lipinski definition) is 2. The van der Waals surface area contributed by atoms with E-state index in [4.69, 9.17) is 10.5 Å². The van der Waals surface area contributed by atoms with Crippen molar-refractivity contribution >= 4 is 17.5 Å². The van der Waals surface area contributed by atoms with Gasteiger partial charge in [0.2, 0.25) is 5.91 Å². The number of hydrogen-bond acceptors (Lipinski definition) is 4. The fourth-order valence-corrected chi connectivity index (χ4v) is 2.33. The van der Waals surface area contributed by atoms with Crippen molar-refractivity contribution in [1.29, 1.82) is 0 Å². The zero-order valence-corrected chi connectivity index (χ0v) is 11.3. The maximum Gasteiger partial charge on any atom is 0.253 e. The van der Waals surface area contributed by atoms with E-state index < -0.39 is 11.8 Å². The summed E-state index contributed by atoms with van der Waals surface area (Å²) < 4.78 is 5.10. The molecule has 108 valence electrons. The van der Waals surface area contributed by atoms with Crippen LogP contribution in [0.3, 0.4) is 0 Å². The fourth-order valence-electron chi connectivity index (χ4n) is 2.33. The van der Waals surface area contributed by atoms with Gasteiger partial charge in [0.15, 0.2) is 0 Å². The summed E-state index contributed by atoms with van der Waals surface area (Å²) >= 11 is 0. The predicted molar refractivity (Wildman–Crippen MR) is 73.4 cm³/mol. The Morgan fingerprint density at radius 3 is 2.85 bits per heavy atom. The summed E-state index contributed by atoms with van der Waals surface area (Å²) in [6, 6.07) is 5.28. The highest BCUT2D eigenvalue weighted by Gasteiger charge is 2.23. The molecule has 6 heteroatoms. The average molecular weight is 278 g/mol. The molecule has 2 amide bonds. The number of carbonyl (C=O) groups is 2. The van der Waals surface area contributed by atoms with Crippen LogP contribution in [0.15, 0.2) is 18.2 Å². The van der Waals surface area contributed by atoms with Crippen LogP contribution in [-0.4, -0.2) is 43.3 Å². The lowest BCUT2D eigenvalue weighted by Gasteiger charge is -2.28. The third kappa shape index (κ3) is 2.81. The van der Waals surface area contributed by atoms with Gasteiger partial charge in [-0.25, -0.2) is 0 Å². The normalized spacial score (nSPS) is 17.1. The highest BCUT2D eigenvalue weighted by molar-refractivity contribution is 5.95. The molecule has 1 atom stereocenters. The van der Waals surface area contributed by atoms with Gasteiger partial charge in [0.1, 0.15) is 6.61 Å². The Labute approximate surface area is 117 Å². The molecule has 0 spiro atoms. The zero-order chi connectivity index (χ0) is 14.7. The standard InChI is InChI=1S/C14H18N2O4/c1-9-6-10(11(7-17)14(15)19)2-3-12(9)16-4-5-20-8-13(16)18/h2-3,6,11,17H,4-5,7-8H2,1H3,(H2,15,19). The van der Waals surface area contributed by atoms with E-state index in [9.17, 15) is 14.7 Å². The van der Waals surface area contributed by atoms with Gasteiger partial charge in [0, 0.05) is 12.2 Å². The van der Waals surface area contributed by atoms with E-state index in [0.29, 0.717) is 18.7 Å². The maximum absolute atomic E-state index is 11.8. The smallest absolute Gasteiger partial charge is 0.253 e. The molecule has 1 fully saturated rings. The molecule has 1 aliphatic rings. The summed E-state index contributed by atoms with van der Waals surface area (Å²) in [6.45, 7) is 2.63. The molecule has 1 aliphatic heterocycles. The summed E-state index contributed by atoms with van der Waals surface area (Å²) in [5.74, 6) is -1.37. The molecule has 20 heavy (non-hydrogen) atoms. The van der Waals surface area contributed by atoms with Gasteiger partial charge in [-0.15, -0.1) is 0 Å². The number of anilines is 1. The maximum atomic E-state index is 11.8. The number of carbonyl (C=O) groups excluding carboxylic acids is 2. The van der Waals surface area contributed by atoms with Crippen LogP contribution in [0.25, 0.3) is 0 Å². The van der Waals surface area contributed by atoms with Gasteiger partial charge in [-0.05, 0) is 24.1 Å². The Kier molecular flexibility index (Phi) is 4.36. The molecule has 1 heterocycles. The first-order valence-electron chi connectivity index (χ1n) is 6.43. The van der Waals surface area contributed by atoms with Crippen molar-refractivity contribution in [2.24, 2.45) is 5.73 Å². The van der Waals surface area contributed by atoms with Crippen molar-refractivity contribution in [1.82, 2.24) is 0 Å². The molecule has 0 aliphatic carbocycles. The third-order valence-corrected chi connectivity index (χ3v) is 3.43. The SMILES string of the molecule is Cc1cc(C(CO)C(N)=O)ccc1N1CCOCC1=O. The molecule has 0 radical (unpaired) electrons. The lowest BCUT2D eigenvalue weighted by molar-refractivity contribution is -0.125. The minimum atomic E-state index is -0.719. The number of amides is 2. The molecular weight excluding hydrogens is 260 g/mol. The second kappa shape index (κ2) is 6.02. The first-order chi connectivity index (χ1) is 9.54. The van der Waals surface area contributed by atoms with Crippen LogP contribution in [0.4, 0.5) is 5.69 Å². The fraction of sp³-hybridized carbons (Fsp3) is 0.429. The minimum absolute atomic E-state index is 0.0827. The second-order valence-corrected chi connectivity index (χ2v) is 4.78. The lowest BCUT2D eigenvalue weighted by Crippen LogP contribution is -2.42. The van der Waals surface area contributed by atoms with Crippen LogP contribution >= 0.6 is 0 Å². The van der Waals surface area contributed by atoms with E-state index in [2.05, 4.69) is 0 Å². The number of aliphatic hydroxyl groups is 1. The number of ether oxygens (including phenoxy) is 1. The van der Waals surface area contributed by atoms with E-state index >= 15 is 0 Å². The summed E-state index contributed by atoms with van der Waals surface area (Å²) in [4.78, 5) is 24.7. The van der Waals surface area contributed by atoms with Gasteiger partial charge >= 0.3 is 0 Å². The largest absolute Gasteiger partial charge is 0.395 e. The molecule has 3 N–H and O–H groups in total. The first-order valence-corrected chi connectivity index (χ1v) is 6.43. The number of primary amides is 1. The van der Waals surface area contributed by atoms with Crippen molar-refractivity contribution in [3.8, 4) is 0 Å². The van der Waals surface area contributed by atoms with Crippen molar-refractivity contribution < 1.29 is 19.4 Å². The average Bonchev–Trinajstić information content (AvgIpc) is 2.40. The molecule has 1 aromatic rings. The summed E-state index contributed by atoms with van der Waals surface area (Å²) in [6.07, 6.45) is 0. The zero-order valence-electron chi connectivity index (χ0n) is 11.3. The molecule has 0 aromatic heterocycles. The van der Waals surface area contributed by atoms with Crippen molar-refractivity contribution in [2.75, 3.05) is 31.3 Å². The number of aryl methyl sites for hydroxylation is 1. The highest BCUT2D eigenvalue weighted by Crippen LogP contribution is 2.26. The van der Waals surface area contributed by atoms with Crippen LogP contribution in [0.2, 0.25) is 0 Å². The van der Waals surface area contributed by atoms with E-state index in [1.807, 2.05) is 6.92 Å². The molecule has 1 aromatic carbocycles. The van der Waals surface area contributed by atoms with Crippen molar-refractivity contribution in [3.05, 3.63) is 29.3 Å². The first kappa shape index (κ1) is 14.5. The van der Waals surface area contributed by atoms with Gasteiger partial charge in [0.25, 0.3) is 5.91 Å². The van der Waals surface area contributed by atoms with E-state index in [1.54, 1.807) is 23.1 Å². The van der Waals surface area contributed by atoms with Crippen LogP contribution in [0.1, 0.15) is 17.0 Å². The van der Waals surface area contributed by atoms with Crippen LogP contribution in [-0.2, 0) is 14.3 Å². The number of rotatable bonds is 4. The molecule has 0 saturated carbocycles. The molecular formula is C14H18N2O4. The Hall–Kier alpha value is -1.92. The topological polar surface area (TPSA) is 92.9 Å². The van der Waals surface area contributed by atoms with Crippen LogP contribution < -0.4 is 10.6 Å². The third-order valence-electron chi connectivity index (χ3n) is 3.43. The molecule has 0 bridgehead atoms. The van der Waals surface area contributed by atoms with Gasteiger partial charge in [0.05, 0.1) is 19.1 Å². The van der Waals surface area contributed by atoms with Gasteiger partial charge < -0.3 is 20.5 Å². The Bertz CT molecular complexity index is 530. The summed E-state index contributed by atoms with van der Waals surface area (Å²) in [5, 5.41) is 9.22. The van der Waals surface area contributed by atoms with Gasteiger partial charge in [-0.2, -0.15) is 0 Å². The van der Waals surface area contributed by atoms with Crippen LogP contribution in [0.5, 0.6) is 0 Å². The van der Waals surface area contributed by atoms with Gasteiger partial charge in [-0.3, -0.25) is 9.59 Å². The molecule has 1 saturated heterocycles. The summed E-state index contributed by atoms with van der Waals surface area (Å²) in [7, 11) is 0. The monoisotopic (exact) mass is 278 g/mol. The van der Waals surface area contributed by atoms with Gasteiger partial charge in [-0.1, -0.05) is 12.1 Å². The molecule has 2 rings (SSSR count). The summed E-state index contributed by atoms with van der Waals surface area (Å²) in [5.41, 5.74) is 7.56. The van der Waals surface area contributed by atoms with E-state index in [-0.39, 0.29) is 19.1 Å². The van der Waals surface area contributed by atoms with E-state index in [0.717, 1.165) is 11.3 Å². The Balaban J connectivity index is 2.29. The number of nitrogens with zero attached hydrogens (tertiary/aromatic N) is 1.